The van der Waals surface area contributed by atoms with Gasteiger partial charge in [0, 0.05) is 6.04 Å². The second-order valence-electron chi connectivity index (χ2n) is 3.97. The van der Waals surface area contributed by atoms with Gasteiger partial charge in [-0.2, -0.15) is 0 Å². The van der Waals surface area contributed by atoms with Gasteiger partial charge in [-0.15, -0.1) is 0 Å². The van der Waals surface area contributed by atoms with Crippen molar-refractivity contribution in [1.29, 1.82) is 0 Å². The van der Waals surface area contributed by atoms with E-state index < -0.39 is 7.12 Å². The minimum absolute atomic E-state index is 0.130. The first-order valence-electron chi connectivity index (χ1n) is 5.89. The van der Waals surface area contributed by atoms with E-state index in [9.17, 15) is 5.11 Å². The zero-order valence-electron chi connectivity index (χ0n) is 9.76. The van der Waals surface area contributed by atoms with Gasteiger partial charge in [0.25, 0.3) is 0 Å². The van der Waals surface area contributed by atoms with Crippen LogP contribution in [-0.2, 0) is 0 Å². The molecule has 0 radical (unpaired) electrons. The normalized spacial score (nSPS) is 30.4. The first-order valence-corrected chi connectivity index (χ1v) is 5.89. The number of nitrogens with two attached hydrogens (primary N) is 1. The molecule has 1 fully saturated rings. The maximum atomic E-state index is 9.35. The standard InChI is InChI=1S/C8H18BNO3.C2H6/c10-7-5-6(1-2-8(7)11)3-4-9(12)13;1-2/h6-8,11-13H,1-5,10H2;1-2H3/t6-,7-,8-;/m0./s1. The molecule has 1 aliphatic rings. The van der Waals surface area contributed by atoms with Crippen LogP contribution in [0, 0.1) is 5.92 Å². The lowest BCUT2D eigenvalue weighted by Crippen LogP contribution is -2.40. The predicted molar refractivity (Wildman–Crippen MR) is 62.3 cm³/mol. The van der Waals surface area contributed by atoms with Crippen molar-refractivity contribution in [3.63, 3.8) is 0 Å². The minimum atomic E-state index is -1.21. The Hall–Kier alpha value is -0.0951. The molecule has 0 aromatic carbocycles. The van der Waals surface area contributed by atoms with Crippen molar-refractivity contribution in [3.8, 4) is 0 Å². The molecule has 0 saturated heterocycles. The third kappa shape index (κ3) is 6.15. The SMILES string of the molecule is CC.N[C@H]1C[C@H](CCB(O)O)CC[C@@H]1O. The molecule has 4 nitrogen and oxygen atoms in total. The van der Waals surface area contributed by atoms with Gasteiger partial charge in [-0.1, -0.05) is 20.3 Å². The molecule has 1 aliphatic carbocycles. The summed E-state index contributed by atoms with van der Waals surface area (Å²) in [4.78, 5) is 0. The highest BCUT2D eigenvalue weighted by atomic mass is 16.4. The van der Waals surface area contributed by atoms with Crippen LogP contribution in [-0.4, -0.2) is 34.4 Å². The molecule has 0 bridgehead atoms. The summed E-state index contributed by atoms with van der Waals surface area (Å²) in [6.45, 7) is 4.00. The second kappa shape index (κ2) is 8.10. The van der Waals surface area contributed by atoms with Crippen molar-refractivity contribution in [3.05, 3.63) is 0 Å². The molecule has 1 saturated carbocycles. The topological polar surface area (TPSA) is 86.7 Å². The fraction of sp³-hybridized carbons (Fsp3) is 1.00. The third-order valence-corrected chi connectivity index (χ3v) is 2.80. The number of aliphatic hydroxyl groups is 1. The van der Waals surface area contributed by atoms with Crippen molar-refractivity contribution >= 4 is 7.12 Å². The highest BCUT2D eigenvalue weighted by Gasteiger charge is 2.26. The van der Waals surface area contributed by atoms with Crippen LogP contribution in [0.1, 0.15) is 39.5 Å². The van der Waals surface area contributed by atoms with E-state index in [4.69, 9.17) is 15.8 Å². The van der Waals surface area contributed by atoms with Crippen molar-refractivity contribution < 1.29 is 15.2 Å². The zero-order chi connectivity index (χ0) is 11.8. The van der Waals surface area contributed by atoms with Gasteiger partial charge in [-0.3, -0.25) is 0 Å². The lowest BCUT2D eigenvalue weighted by atomic mass is 9.75. The molecular weight excluding hydrogens is 193 g/mol. The molecule has 15 heavy (non-hydrogen) atoms. The molecule has 0 amide bonds. The summed E-state index contributed by atoms with van der Waals surface area (Å²) in [6.07, 6.45) is 3.32. The molecule has 0 aliphatic heterocycles. The van der Waals surface area contributed by atoms with E-state index in [0.29, 0.717) is 12.2 Å². The van der Waals surface area contributed by atoms with Crippen molar-refractivity contribution in [1.82, 2.24) is 0 Å². The smallest absolute Gasteiger partial charge is 0.427 e. The quantitative estimate of drug-likeness (QED) is 0.514. The Labute approximate surface area is 92.6 Å². The molecule has 0 unspecified atom stereocenters. The number of rotatable bonds is 3. The van der Waals surface area contributed by atoms with Crippen LogP contribution >= 0.6 is 0 Å². The van der Waals surface area contributed by atoms with Crippen LogP contribution in [0.15, 0.2) is 0 Å². The van der Waals surface area contributed by atoms with E-state index in [1.54, 1.807) is 0 Å². The molecular formula is C10H24BNO3. The summed E-state index contributed by atoms with van der Waals surface area (Å²) < 4.78 is 0. The molecule has 0 heterocycles. The summed E-state index contributed by atoms with van der Waals surface area (Å²) in [5.41, 5.74) is 5.70. The van der Waals surface area contributed by atoms with Crippen LogP contribution in [0.4, 0.5) is 0 Å². The van der Waals surface area contributed by atoms with Crippen LogP contribution in [0.25, 0.3) is 0 Å². The number of hydrogen-bond donors (Lipinski definition) is 4. The van der Waals surface area contributed by atoms with E-state index in [-0.39, 0.29) is 12.1 Å². The molecule has 5 heteroatoms. The summed E-state index contributed by atoms with van der Waals surface area (Å²) in [5.74, 6) is 0.445. The van der Waals surface area contributed by atoms with Crippen molar-refractivity contribution in [2.45, 2.75) is 58.0 Å². The average molecular weight is 217 g/mol. The monoisotopic (exact) mass is 217 g/mol. The fourth-order valence-corrected chi connectivity index (χ4v) is 1.93. The van der Waals surface area contributed by atoms with Crippen LogP contribution in [0.3, 0.4) is 0 Å². The molecule has 0 aromatic heterocycles. The van der Waals surface area contributed by atoms with Gasteiger partial charge in [-0.05, 0) is 31.5 Å². The second-order valence-corrected chi connectivity index (χ2v) is 3.97. The average Bonchev–Trinajstić information content (AvgIpc) is 2.23. The maximum Gasteiger partial charge on any atom is 0.451 e. The number of hydrogen-bond acceptors (Lipinski definition) is 4. The van der Waals surface area contributed by atoms with Gasteiger partial charge in [-0.25, -0.2) is 0 Å². The molecule has 5 N–H and O–H groups in total. The zero-order valence-corrected chi connectivity index (χ0v) is 9.76. The van der Waals surface area contributed by atoms with Gasteiger partial charge < -0.3 is 20.9 Å². The molecule has 0 aromatic rings. The largest absolute Gasteiger partial charge is 0.451 e. The van der Waals surface area contributed by atoms with Crippen LogP contribution in [0.5, 0.6) is 0 Å². The summed E-state index contributed by atoms with van der Waals surface area (Å²) >= 11 is 0. The first-order chi connectivity index (χ1) is 7.09. The number of aliphatic hydroxyl groups excluding tert-OH is 1. The Morgan fingerprint density at radius 3 is 2.33 bits per heavy atom. The fourth-order valence-electron chi connectivity index (χ4n) is 1.93. The van der Waals surface area contributed by atoms with E-state index >= 15 is 0 Å². The van der Waals surface area contributed by atoms with E-state index in [1.807, 2.05) is 13.8 Å². The molecule has 3 atom stereocenters. The maximum absolute atomic E-state index is 9.35. The van der Waals surface area contributed by atoms with Gasteiger partial charge in [0.2, 0.25) is 0 Å². The first kappa shape index (κ1) is 14.9. The molecule has 90 valence electrons. The van der Waals surface area contributed by atoms with E-state index in [2.05, 4.69) is 0 Å². The Morgan fingerprint density at radius 1 is 1.27 bits per heavy atom. The Bertz CT molecular complexity index is 158. The molecule has 1 rings (SSSR count). The highest BCUT2D eigenvalue weighted by Crippen LogP contribution is 2.27. The van der Waals surface area contributed by atoms with Crippen molar-refractivity contribution in [2.75, 3.05) is 0 Å². The van der Waals surface area contributed by atoms with Gasteiger partial charge in [0.1, 0.15) is 0 Å². The van der Waals surface area contributed by atoms with Crippen LogP contribution < -0.4 is 5.73 Å². The highest BCUT2D eigenvalue weighted by molar-refractivity contribution is 6.40. The van der Waals surface area contributed by atoms with E-state index in [1.165, 1.54) is 0 Å². The predicted octanol–water partition coefficient (Wildman–Crippen LogP) is 0.364. The Balaban J connectivity index is 0.000000921. The minimum Gasteiger partial charge on any atom is -0.427 e. The Kier molecular flexibility index (Phi) is 8.05. The van der Waals surface area contributed by atoms with Crippen LogP contribution in [0.2, 0.25) is 6.32 Å². The Morgan fingerprint density at radius 2 is 1.87 bits per heavy atom. The summed E-state index contributed by atoms with van der Waals surface area (Å²) in [5, 5.41) is 26.7. The van der Waals surface area contributed by atoms with Gasteiger partial charge in [0.05, 0.1) is 6.10 Å². The lowest BCUT2D eigenvalue weighted by Gasteiger charge is -2.30. The third-order valence-electron chi connectivity index (χ3n) is 2.80. The summed E-state index contributed by atoms with van der Waals surface area (Å²) in [7, 11) is -1.21. The van der Waals surface area contributed by atoms with Gasteiger partial charge >= 0.3 is 7.12 Å². The summed E-state index contributed by atoms with van der Waals surface area (Å²) in [6, 6.07) is -0.130. The van der Waals surface area contributed by atoms with E-state index in [0.717, 1.165) is 25.7 Å². The van der Waals surface area contributed by atoms with Crippen molar-refractivity contribution in [2.24, 2.45) is 11.7 Å². The molecule has 0 spiro atoms. The van der Waals surface area contributed by atoms with Gasteiger partial charge in [0.15, 0.2) is 0 Å². The lowest BCUT2D eigenvalue weighted by molar-refractivity contribution is 0.0855.